The lowest BCUT2D eigenvalue weighted by Gasteiger charge is -2.10. The number of thiazole rings is 1. The molecule has 0 N–H and O–H groups in total. The molecule has 2 aromatic rings. The summed E-state index contributed by atoms with van der Waals surface area (Å²) in [6.07, 6.45) is 2.73. The molecule has 2 nitrogen and oxygen atoms in total. The van der Waals surface area contributed by atoms with Crippen LogP contribution in [0.25, 0.3) is 11.3 Å². The number of ether oxygens (including phenoxy) is 1. The highest BCUT2D eigenvalue weighted by atomic mass is 79.9. The zero-order valence-electron chi connectivity index (χ0n) is 10.1. The molecule has 0 saturated heterocycles. The van der Waals surface area contributed by atoms with Crippen molar-refractivity contribution in [1.29, 1.82) is 0 Å². The van der Waals surface area contributed by atoms with Gasteiger partial charge in [-0.25, -0.2) is 4.98 Å². The van der Waals surface area contributed by atoms with Gasteiger partial charge in [0.2, 0.25) is 0 Å². The van der Waals surface area contributed by atoms with E-state index in [1.807, 2.05) is 12.1 Å². The number of methoxy groups -OCH3 is 1. The number of hydrogen-bond acceptors (Lipinski definition) is 3. The molecule has 1 heterocycles. The minimum Gasteiger partial charge on any atom is -0.374 e. The minimum atomic E-state index is 0.191. The van der Waals surface area contributed by atoms with Crippen LogP contribution in [0.3, 0.4) is 0 Å². The first-order chi connectivity index (χ1) is 8.78. The van der Waals surface area contributed by atoms with Crippen molar-refractivity contribution in [2.24, 2.45) is 5.92 Å². The van der Waals surface area contributed by atoms with Crippen LogP contribution in [-0.2, 0) is 4.74 Å². The zero-order valence-corrected chi connectivity index (χ0v) is 12.5. The Morgan fingerprint density at radius 1 is 1.44 bits per heavy atom. The Kier molecular flexibility index (Phi) is 3.50. The van der Waals surface area contributed by atoms with Gasteiger partial charge in [-0.15, -0.1) is 11.3 Å². The van der Waals surface area contributed by atoms with E-state index in [1.165, 1.54) is 12.8 Å². The summed E-state index contributed by atoms with van der Waals surface area (Å²) in [4.78, 5) is 4.73. The first kappa shape index (κ1) is 12.3. The van der Waals surface area contributed by atoms with Gasteiger partial charge in [0, 0.05) is 22.5 Å². The van der Waals surface area contributed by atoms with Crippen LogP contribution in [-0.4, -0.2) is 12.1 Å². The normalized spacial score (nSPS) is 16.8. The molecular weight excluding hydrogens is 310 g/mol. The lowest BCUT2D eigenvalue weighted by Crippen LogP contribution is -2.02. The van der Waals surface area contributed by atoms with E-state index in [0.717, 1.165) is 20.7 Å². The van der Waals surface area contributed by atoms with Crippen molar-refractivity contribution in [2.75, 3.05) is 7.11 Å². The molecule has 0 aliphatic heterocycles. The highest BCUT2D eigenvalue weighted by molar-refractivity contribution is 9.10. The number of benzene rings is 1. The molecule has 1 unspecified atom stereocenters. The molecule has 1 saturated carbocycles. The molecule has 18 heavy (non-hydrogen) atoms. The minimum absolute atomic E-state index is 0.191. The average Bonchev–Trinajstić information content (AvgIpc) is 3.07. The average molecular weight is 324 g/mol. The summed E-state index contributed by atoms with van der Waals surface area (Å²) in [5.41, 5.74) is 2.19. The summed E-state index contributed by atoms with van der Waals surface area (Å²) >= 11 is 5.19. The monoisotopic (exact) mass is 323 g/mol. The van der Waals surface area contributed by atoms with Gasteiger partial charge in [0.15, 0.2) is 0 Å². The summed E-state index contributed by atoms with van der Waals surface area (Å²) in [7, 11) is 1.78. The third kappa shape index (κ3) is 2.51. The van der Waals surface area contributed by atoms with Gasteiger partial charge in [-0.1, -0.05) is 28.1 Å². The molecule has 1 aliphatic carbocycles. The van der Waals surface area contributed by atoms with Crippen LogP contribution in [0.15, 0.2) is 34.1 Å². The van der Waals surface area contributed by atoms with Gasteiger partial charge in [-0.2, -0.15) is 0 Å². The second-order valence-electron chi connectivity index (χ2n) is 4.58. The maximum absolute atomic E-state index is 5.57. The molecule has 1 atom stereocenters. The number of rotatable bonds is 4. The third-order valence-corrected chi connectivity index (χ3v) is 4.59. The fraction of sp³-hybridized carbons (Fsp3) is 0.357. The van der Waals surface area contributed by atoms with Crippen LogP contribution in [0.2, 0.25) is 0 Å². The first-order valence-electron chi connectivity index (χ1n) is 6.02. The van der Waals surface area contributed by atoms with Crippen molar-refractivity contribution in [2.45, 2.75) is 18.9 Å². The summed E-state index contributed by atoms with van der Waals surface area (Å²) in [6.45, 7) is 0. The molecular formula is C14H14BrNOS. The largest absolute Gasteiger partial charge is 0.374 e. The number of aromatic nitrogens is 1. The van der Waals surface area contributed by atoms with Crippen LogP contribution in [0, 0.1) is 5.92 Å². The maximum Gasteiger partial charge on any atom is 0.122 e. The molecule has 3 rings (SSSR count). The van der Waals surface area contributed by atoms with Crippen molar-refractivity contribution in [3.63, 3.8) is 0 Å². The van der Waals surface area contributed by atoms with Crippen molar-refractivity contribution >= 4 is 27.3 Å². The Bertz CT molecular complexity index is 550. The topological polar surface area (TPSA) is 22.1 Å². The van der Waals surface area contributed by atoms with E-state index in [1.54, 1.807) is 18.4 Å². The highest BCUT2D eigenvalue weighted by Gasteiger charge is 2.34. The van der Waals surface area contributed by atoms with E-state index in [9.17, 15) is 0 Å². The van der Waals surface area contributed by atoms with Crippen molar-refractivity contribution in [3.8, 4) is 11.3 Å². The molecule has 4 heteroatoms. The predicted molar refractivity (Wildman–Crippen MR) is 77.7 cm³/mol. The molecule has 1 aromatic carbocycles. The van der Waals surface area contributed by atoms with E-state index < -0.39 is 0 Å². The van der Waals surface area contributed by atoms with E-state index in [-0.39, 0.29) is 6.10 Å². The zero-order chi connectivity index (χ0) is 12.5. The third-order valence-electron chi connectivity index (χ3n) is 3.19. The summed E-state index contributed by atoms with van der Waals surface area (Å²) < 4.78 is 6.66. The van der Waals surface area contributed by atoms with E-state index >= 15 is 0 Å². The second kappa shape index (κ2) is 5.11. The van der Waals surface area contributed by atoms with E-state index in [2.05, 4.69) is 33.4 Å². The SMILES string of the molecule is COC(c1nc(-c2cccc(Br)c2)cs1)C1CC1. The number of nitrogens with zero attached hydrogens (tertiary/aromatic N) is 1. The molecule has 0 amide bonds. The summed E-state index contributed by atoms with van der Waals surface area (Å²) in [5, 5.41) is 3.22. The predicted octanol–water partition coefficient (Wildman–Crippen LogP) is 4.67. The van der Waals surface area contributed by atoms with Gasteiger partial charge >= 0.3 is 0 Å². The smallest absolute Gasteiger partial charge is 0.122 e. The summed E-state index contributed by atoms with van der Waals surface area (Å²) in [6, 6.07) is 8.24. The summed E-state index contributed by atoms with van der Waals surface area (Å²) in [5.74, 6) is 0.677. The van der Waals surface area contributed by atoms with Crippen LogP contribution in [0.4, 0.5) is 0 Å². The quantitative estimate of drug-likeness (QED) is 0.815. The fourth-order valence-corrected chi connectivity index (χ4v) is 3.49. The van der Waals surface area contributed by atoms with Gasteiger partial charge in [-0.05, 0) is 30.9 Å². The highest BCUT2D eigenvalue weighted by Crippen LogP contribution is 2.44. The van der Waals surface area contributed by atoms with Gasteiger partial charge in [0.1, 0.15) is 11.1 Å². The van der Waals surface area contributed by atoms with Crippen LogP contribution >= 0.6 is 27.3 Å². The molecule has 1 aromatic heterocycles. The second-order valence-corrected chi connectivity index (χ2v) is 6.38. The van der Waals surface area contributed by atoms with Gasteiger partial charge < -0.3 is 4.74 Å². The van der Waals surface area contributed by atoms with Crippen molar-refractivity contribution in [3.05, 3.63) is 39.1 Å². The van der Waals surface area contributed by atoms with Crippen molar-refractivity contribution < 1.29 is 4.74 Å². The number of halogens is 1. The standard InChI is InChI=1S/C14H14BrNOS/c1-17-13(9-5-6-9)14-16-12(8-18-14)10-3-2-4-11(15)7-10/h2-4,7-9,13H,5-6H2,1H3. The molecule has 0 radical (unpaired) electrons. The van der Waals surface area contributed by atoms with Gasteiger partial charge in [-0.3, -0.25) is 0 Å². The molecule has 0 bridgehead atoms. The first-order valence-corrected chi connectivity index (χ1v) is 7.69. The van der Waals surface area contributed by atoms with Crippen LogP contribution in [0.5, 0.6) is 0 Å². The van der Waals surface area contributed by atoms with E-state index in [0.29, 0.717) is 5.92 Å². The fourth-order valence-electron chi connectivity index (χ4n) is 2.09. The lowest BCUT2D eigenvalue weighted by atomic mass is 10.2. The Hall–Kier alpha value is -0.710. The molecule has 1 aliphatic rings. The van der Waals surface area contributed by atoms with Gasteiger partial charge in [0.25, 0.3) is 0 Å². The van der Waals surface area contributed by atoms with E-state index in [4.69, 9.17) is 9.72 Å². The Morgan fingerprint density at radius 2 is 2.28 bits per heavy atom. The lowest BCUT2D eigenvalue weighted by molar-refractivity contribution is 0.0844. The Morgan fingerprint density at radius 3 is 2.94 bits per heavy atom. The van der Waals surface area contributed by atoms with Crippen molar-refractivity contribution in [1.82, 2.24) is 4.98 Å². The Labute approximate surface area is 119 Å². The molecule has 0 spiro atoms. The number of hydrogen-bond donors (Lipinski definition) is 0. The maximum atomic E-state index is 5.57. The van der Waals surface area contributed by atoms with Crippen LogP contribution in [0.1, 0.15) is 24.0 Å². The molecule has 1 fully saturated rings. The Balaban J connectivity index is 1.88. The van der Waals surface area contributed by atoms with Gasteiger partial charge in [0.05, 0.1) is 5.69 Å². The molecule has 94 valence electrons. The van der Waals surface area contributed by atoms with Crippen LogP contribution < -0.4 is 0 Å².